The summed E-state index contributed by atoms with van der Waals surface area (Å²) < 4.78 is 26.6. The van der Waals surface area contributed by atoms with Crippen LogP contribution in [0.3, 0.4) is 0 Å². The zero-order valence-corrected chi connectivity index (χ0v) is 11.2. The number of carbonyl (C=O) groups excluding carboxylic acids is 1. The standard InChI is InChI=1S/C13H9BrF2N2O/c14-11-6-10(1-2-12(11)17)18-13(19)7-3-8(15)5-9(16)4-7/h1-6H,17H2,(H,18,19). The number of rotatable bonds is 2. The Morgan fingerprint density at radius 3 is 2.32 bits per heavy atom. The van der Waals surface area contributed by atoms with Crippen molar-refractivity contribution in [2.45, 2.75) is 0 Å². The summed E-state index contributed by atoms with van der Waals surface area (Å²) >= 11 is 3.22. The second-order valence-corrected chi connectivity index (χ2v) is 4.70. The minimum atomic E-state index is -0.802. The third-order valence-corrected chi connectivity index (χ3v) is 3.07. The van der Waals surface area contributed by atoms with E-state index in [2.05, 4.69) is 21.2 Å². The molecule has 0 aliphatic rings. The number of benzene rings is 2. The molecule has 0 aliphatic carbocycles. The van der Waals surface area contributed by atoms with Gasteiger partial charge in [0.05, 0.1) is 0 Å². The van der Waals surface area contributed by atoms with Crippen molar-refractivity contribution in [1.82, 2.24) is 0 Å². The average Bonchev–Trinajstić information content (AvgIpc) is 2.32. The van der Waals surface area contributed by atoms with Crippen molar-refractivity contribution in [3.05, 3.63) is 58.1 Å². The highest BCUT2D eigenvalue weighted by molar-refractivity contribution is 9.10. The number of hydrogen-bond acceptors (Lipinski definition) is 2. The molecular formula is C13H9BrF2N2O. The van der Waals surface area contributed by atoms with Gasteiger partial charge in [0.1, 0.15) is 11.6 Å². The minimum absolute atomic E-state index is 0.0922. The Morgan fingerprint density at radius 2 is 1.74 bits per heavy atom. The second-order valence-electron chi connectivity index (χ2n) is 3.85. The number of nitrogen functional groups attached to an aromatic ring is 1. The number of amides is 1. The molecule has 2 rings (SSSR count). The lowest BCUT2D eigenvalue weighted by atomic mass is 10.2. The van der Waals surface area contributed by atoms with Gasteiger partial charge in [0.15, 0.2) is 0 Å². The summed E-state index contributed by atoms with van der Waals surface area (Å²) in [6, 6.07) is 7.43. The van der Waals surface area contributed by atoms with E-state index < -0.39 is 17.5 Å². The van der Waals surface area contributed by atoms with Gasteiger partial charge in [-0.2, -0.15) is 0 Å². The third-order valence-electron chi connectivity index (χ3n) is 2.38. The summed E-state index contributed by atoms with van der Waals surface area (Å²) in [7, 11) is 0. The summed E-state index contributed by atoms with van der Waals surface area (Å²) in [6.45, 7) is 0. The molecule has 0 aromatic heterocycles. The van der Waals surface area contributed by atoms with E-state index in [1.165, 1.54) is 0 Å². The van der Waals surface area contributed by atoms with Crippen molar-refractivity contribution in [2.75, 3.05) is 11.1 Å². The molecule has 3 N–H and O–H groups in total. The molecule has 2 aromatic rings. The zero-order chi connectivity index (χ0) is 14.0. The van der Waals surface area contributed by atoms with Crippen LogP contribution >= 0.6 is 15.9 Å². The maximum Gasteiger partial charge on any atom is 0.255 e. The molecule has 0 bridgehead atoms. The number of halogens is 3. The second kappa shape index (κ2) is 5.36. The Bertz CT molecular complexity index is 626. The van der Waals surface area contributed by atoms with Crippen LogP contribution in [-0.2, 0) is 0 Å². The van der Waals surface area contributed by atoms with Crippen molar-refractivity contribution >= 4 is 33.2 Å². The van der Waals surface area contributed by atoms with Crippen molar-refractivity contribution in [3.63, 3.8) is 0 Å². The monoisotopic (exact) mass is 326 g/mol. The fourth-order valence-corrected chi connectivity index (χ4v) is 1.87. The van der Waals surface area contributed by atoms with Crippen LogP contribution < -0.4 is 11.1 Å². The van der Waals surface area contributed by atoms with Crippen molar-refractivity contribution in [2.24, 2.45) is 0 Å². The van der Waals surface area contributed by atoms with Gasteiger partial charge >= 0.3 is 0 Å². The predicted octanol–water partition coefficient (Wildman–Crippen LogP) is 3.56. The molecule has 2 aromatic carbocycles. The van der Waals surface area contributed by atoms with Crippen molar-refractivity contribution in [1.29, 1.82) is 0 Å². The summed E-state index contributed by atoms with van der Waals surface area (Å²) in [5.41, 5.74) is 6.51. The minimum Gasteiger partial charge on any atom is -0.398 e. The van der Waals surface area contributed by atoms with Crippen LogP contribution in [0.15, 0.2) is 40.9 Å². The van der Waals surface area contributed by atoms with E-state index >= 15 is 0 Å². The lowest BCUT2D eigenvalue weighted by molar-refractivity contribution is 0.102. The number of nitrogens with one attached hydrogen (secondary N) is 1. The first-order valence-electron chi connectivity index (χ1n) is 5.28. The lowest BCUT2D eigenvalue weighted by Crippen LogP contribution is -2.12. The third kappa shape index (κ3) is 3.29. The van der Waals surface area contributed by atoms with Gasteiger partial charge < -0.3 is 11.1 Å². The Kier molecular flexibility index (Phi) is 3.80. The van der Waals surface area contributed by atoms with E-state index in [-0.39, 0.29) is 5.56 Å². The van der Waals surface area contributed by atoms with E-state index in [1.54, 1.807) is 18.2 Å². The quantitative estimate of drug-likeness (QED) is 0.829. The highest BCUT2D eigenvalue weighted by atomic mass is 79.9. The van der Waals surface area contributed by atoms with Gasteiger partial charge in [0.2, 0.25) is 0 Å². The Balaban J connectivity index is 2.22. The lowest BCUT2D eigenvalue weighted by Gasteiger charge is -2.07. The van der Waals surface area contributed by atoms with Crippen LogP contribution in [0.5, 0.6) is 0 Å². The van der Waals surface area contributed by atoms with Crippen LogP contribution in [0.4, 0.5) is 20.2 Å². The molecule has 0 unspecified atom stereocenters. The summed E-state index contributed by atoms with van der Waals surface area (Å²) in [4.78, 5) is 11.8. The molecule has 0 radical (unpaired) electrons. The number of hydrogen-bond donors (Lipinski definition) is 2. The molecule has 0 saturated heterocycles. The number of nitrogens with two attached hydrogens (primary N) is 1. The topological polar surface area (TPSA) is 55.1 Å². The predicted molar refractivity (Wildman–Crippen MR) is 72.9 cm³/mol. The van der Waals surface area contributed by atoms with E-state index in [0.29, 0.717) is 21.9 Å². The van der Waals surface area contributed by atoms with E-state index in [0.717, 1.165) is 12.1 Å². The fraction of sp³-hybridized carbons (Fsp3) is 0. The van der Waals surface area contributed by atoms with Gasteiger partial charge in [-0.15, -0.1) is 0 Å². The SMILES string of the molecule is Nc1ccc(NC(=O)c2cc(F)cc(F)c2)cc1Br. The van der Waals surface area contributed by atoms with Gasteiger partial charge in [-0.3, -0.25) is 4.79 Å². The Morgan fingerprint density at radius 1 is 1.11 bits per heavy atom. The Labute approximate surface area is 116 Å². The van der Waals surface area contributed by atoms with Gasteiger partial charge in [-0.05, 0) is 46.3 Å². The van der Waals surface area contributed by atoms with Crippen LogP contribution in [0.25, 0.3) is 0 Å². The average molecular weight is 327 g/mol. The van der Waals surface area contributed by atoms with Gasteiger partial charge in [-0.25, -0.2) is 8.78 Å². The smallest absolute Gasteiger partial charge is 0.255 e. The maximum absolute atomic E-state index is 13.0. The van der Waals surface area contributed by atoms with E-state index in [1.807, 2.05) is 0 Å². The van der Waals surface area contributed by atoms with Crippen LogP contribution in [0.2, 0.25) is 0 Å². The van der Waals surface area contributed by atoms with Gasteiger partial charge in [-0.1, -0.05) is 0 Å². The molecule has 0 heterocycles. The summed E-state index contributed by atoms with van der Waals surface area (Å²) in [5, 5.41) is 2.52. The normalized spacial score (nSPS) is 10.3. The largest absolute Gasteiger partial charge is 0.398 e. The first-order chi connectivity index (χ1) is 8.95. The molecule has 1 amide bonds. The highest BCUT2D eigenvalue weighted by Crippen LogP contribution is 2.23. The van der Waals surface area contributed by atoms with Gasteiger partial charge in [0, 0.05) is 27.5 Å². The Hall–Kier alpha value is -1.95. The molecular weight excluding hydrogens is 318 g/mol. The number of anilines is 2. The molecule has 0 fully saturated rings. The molecule has 0 atom stereocenters. The first-order valence-corrected chi connectivity index (χ1v) is 6.07. The molecule has 3 nitrogen and oxygen atoms in total. The van der Waals surface area contributed by atoms with Crippen molar-refractivity contribution < 1.29 is 13.6 Å². The zero-order valence-electron chi connectivity index (χ0n) is 9.58. The molecule has 0 spiro atoms. The summed E-state index contributed by atoms with van der Waals surface area (Å²) in [5.74, 6) is -2.21. The number of carbonyl (C=O) groups is 1. The van der Waals surface area contributed by atoms with Gasteiger partial charge in [0.25, 0.3) is 5.91 Å². The highest BCUT2D eigenvalue weighted by Gasteiger charge is 2.10. The first kappa shape index (κ1) is 13.5. The van der Waals surface area contributed by atoms with Crippen LogP contribution in [0, 0.1) is 11.6 Å². The van der Waals surface area contributed by atoms with E-state index in [4.69, 9.17) is 5.73 Å². The summed E-state index contributed by atoms with van der Waals surface area (Å²) in [6.07, 6.45) is 0. The molecule has 0 aliphatic heterocycles. The van der Waals surface area contributed by atoms with E-state index in [9.17, 15) is 13.6 Å². The fourth-order valence-electron chi connectivity index (χ4n) is 1.49. The maximum atomic E-state index is 13.0. The van der Waals surface area contributed by atoms with Crippen molar-refractivity contribution in [3.8, 4) is 0 Å². The van der Waals surface area contributed by atoms with Crippen LogP contribution in [0.1, 0.15) is 10.4 Å². The van der Waals surface area contributed by atoms with Crippen LogP contribution in [-0.4, -0.2) is 5.91 Å². The molecule has 6 heteroatoms. The molecule has 19 heavy (non-hydrogen) atoms. The molecule has 98 valence electrons. The molecule has 0 saturated carbocycles.